The van der Waals surface area contributed by atoms with Crippen LogP contribution in [0.1, 0.15) is 17.5 Å². The minimum Gasteiger partial charge on any atom is -0.496 e. The highest BCUT2D eigenvalue weighted by atomic mass is 16.6. The third kappa shape index (κ3) is 2.21. The summed E-state index contributed by atoms with van der Waals surface area (Å²) in [5.41, 5.74) is 0.0955. The maximum atomic E-state index is 12.1. The van der Waals surface area contributed by atoms with Gasteiger partial charge >= 0.3 is 5.97 Å². The van der Waals surface area contributed by atoms with Crippen molar-refractivity contribution in [2.75, 3.05) is 20.8 Å². The van der Waals surface area contributed by atoms with E-state index in [4.69, 9.17) is 14.2 Å². The molecule has 0 saturated carbocycles. The van der Waals surface area contributed by atoms with Gasteiger partial charge < -0.3 is 14.2 Å². The average Bonchev–Trinajstić information content (AvgIpc) is 2.81. The fourth-order valence-electron chi connectivity index (χ4n) is 2.30. The number of benzene rings is 1. The van der Waals surface area contributed by atoms with Gasteiger partial charge in [-0.3, -0.25) is 4.79 Å². The molecule has 5 heteroatoms. The van der Waals surface area contributed by atoms with Crippen molar-refractivity contribution in [1.82, 2.24) is 0 Å². The van der Waals surface area contributed by atoms with Crippen molar-refractivity contribution in [3.63, 3.8) is 0 Å². The summed E-state index contributed by atoms with van der Waals surface area (Å²) in [4.78, 5) is 23.7. The van der Waals surface area contributed by atoms with Gasteiger partial charge in [-0.1, -0.05) is 11.6 Å². The van der Waals surface area contributed by atoms with Gasteiger partial charge in [-0.15, -0.1) is 0 Å². The Balaban J connectivity index is 2.59. The number of rotatable bonds is 3. The SMILES string of the molecule is COC(=O)[C@]1(c2cc(C)ccc2OC)CC(=O)CO1. The third-order valence-corrected chi connectivity index (χ3v) is 3.23. The van der Waals surface area contributed by atoms with Gasteiger partial charge in [0.2, 0.25) is 5.60 Å². The molecule has 1 aromatic rings. The molecule has 1 heterocycles. The number of ketones is 1. The van der Waals surface area contributed by atoms with E-state index >= 15 is 0 Å². The molecule has 5 nitrogen and oxygen atoms in total. The van der Waals surface area contributed by atoms with Crippen molar-refractivity contribution in [2.24, 2.45) is 0 Å². The van der Waals surface area contributed by atoms with Gasteiger partial charge in [-0.25, -0.2) is 4.79 Å². The molecule has 0 aromatic heterocycles. The van der Waals surface area contributed by atoms with Crippen LogP contribution in [0.3, 0.4) is 0 Å². The number of carbonyl (C=O) groups is 2. The van der Waals surface area contributed by atoms with E-state index in [-0.39, 0.29) is 18.8 Å². The first kappa shape index (κ1) is 13.5. The monoisotopic (exact) mass is 264 g/mol. The van der Waals surface area contributed by atoms with E-state index in [0.29, 0.717) is 11.3 Å². The van der Waals surface area contributed by atoms with Crippen LogP contribution in [0.4, 0.5) is 0 Å². The van der Waals surface area contributed by atoms with Gasteiger partial charge in [-0.05, 0) is 19.1 Å². The lowest BCUT2D eigenvalue weighted by molar-refractivity contribution is -0.165. The summed E-state index contributed by atoms with van der Waals surface area (Å²) < 4.78 is 15.6. The van der Waals surface area contributed by atoms with Gasteiger partial charge in [0.05, 0.1) is 20.6 Å². The summed E-state index contributed by atoms with van der Waals surface area (Å²) in [5.74, 6) is -0.207. The molecular weight excluding hydrogens is 248 g/mol. The topological polar surface area (TPSA) is 61.8 Å². The molecule has 0 aliphatic carbocycles. The predicted octanol–water partition coefficient (Wildman–Crippen LogP) is 1.36. The van der Waals surface area contributed by atoms with Crippen molar-refractivity contribution >= 4 is 11.8 Å². The molecule has 1 aliphatic heterocycles. The van der Waals surface area contributed by atoms with Gasteiger partial charge in [0.15, 0.2) is 5.78 Å². The summed E-state index contributed by atoms with van der Waals surface area (Å²) >= 11 is 0. The predicted molar refractivity (Wildman–Crippen MR) is 67.0 cm³/mol. The third-order valence-electron chi connectivity index (χ3n) is 3.23. The van der Waals surface area contributed by atoms with Crippen LogP contribution in [0, 0.1) is 6.92 Å². The summed E-state index contributed by atoms with van der Waals surface area (Å²) in [5, 5.41) is 0. The molecule has 102 valence electrons. The van der Waals surface area contributed by atoms with Crippen molar-refractivity contribution in [3.8, 4) is 5.75 Å². The number of hydrogen-bond donors (Lipinski definition) is 0. The smallest absolute Gasteiger partial charge is 0.343 e. The lowest BCUT2D eigenvalue weighted by atomic mass is 9.88. The maximum Gasteiger partial charge on any atom is 0.343 e. The summed E-state index contributed by atoms with van der Waals surface area (Å²) in [6, 6.07) is 5.40. The maximum absolute atomic E-state index is 12.1. The minimum atomic E-state index is -1.39. The minimum absolute atomic E-state index is 0.0283. The Hall–Kier alpha value is -1.88. The molecule has 1 aromatic carbocycles. The standard InChI is InChI=1S/C14H16O5/c1-9-4-5-12(17-2)11(6-9)14(13(16)18-3)7-10(15)8-19-14/h4-6H,7-8H2,1-3H3/t14-/m1/s1. The molecule has 0 spiro atoms. The van der Waals surface area contributed by atoms with E-state index < -0.39 is 11.6 Å². The highest BCUT2D eigenvalue weighted by molar-refractivity contribution is 5.94. The second kappa shape index (κ2) is 5.01. The van der Waals surface area contributed by atoms with Gasteiger partial charge in [-0.2, -0.15) is 0 Å². The Labute approximate surface area is 111 Å². The first-order chi connectivity index (χ1) is 9.03. The molecule has 1 atom stereocenters. The van der Waals surface area contributed by atoms with Gasteiger partial charge in [0.25, 0.3) is 0 Å². The van der Waals surface area contributed by atoms with E-state index in [0.717, 1.165) is 5.56 Å². The highest BCUT2D eigenvalue weighted by Crippen LogP contribution is 2.41. The fraction of sp³-hybridized carbons (Fsp3) is 0.429. The molecule has 1 aliphatic rings. The first-order valence-corrected chi connectivity index (χ1v) is 5.92. The molecule has 2 rings (SSSR count). The van der Waals surface area contributed by atoms with Crippen LogP contribution in [0.15, 0.2) is 18.2 Å². The van der Waals surface area contributed by atoms with E-state index in [9.17, 15) is 9.59 Å². The molecule has 0 N–H and O–H groups in total. The number of esters is 1. The molecule has 0 unspecified atom stereocenters. The first-order valence-electron chi connectivity index (χ1n) is 5.92. The summed E-state index contributed by atoms with van der Waals surface area (Å²) in [6.45, 7) is 1.80. The number of aryl methyl sites for hydroxylation is 1. The second-order valence-electron chi connectivity index (χ2n) is 4.53. The molecule has 1 saturated heterocycles. The van der Waals surface area contributed by atoms with Crippen LogP contribution < -0.4 is 4.74 Å². The summed E-state index contributed by atoms with van der Waals surface area (Å²) in [7, 11) is 2.79. The van der Waals surface area contributed by atoms with Gasteiger partial charge in [0, 0.05) is 5.56 Å². The molecule has 0 radical (unpaired) electrons. The number of Topliss-reactive ketones (excluding diaryl/α,β-unsaturated/α-hetero) is 1. The Morgan fingerprint density at radius 3 is 2.63 bits per heavy atom. The van der Waals surface area contributed by atoms with Gasteiger partial charge in [0.1, 0.15) is 12.4 Å². The van der Waals surface area contributed by atoms with Crippen LogP contribution in [-0.2, 0) is 24.7 Å². The van der Waals surface area contributed by atoms with Crippen LogP contribution in [0.25, 0.3) is 0 Å². The number of ether oxygens (including phenoxy) is 3. The van der Waals surface area contributed by atoms with Crippen LogP contribution in [0.5, 0.6) is 5.75 Å². The number of methoxy groups -OCH3 is 2. The zero-order valence-electron chi connectivity index (χ0n) is 11.2. The van der Waals surface area contributed by atoms with Crippen LogP contribution in [0.2, 0.25) is 0 Å². The number of hydrogen-bond acceptors (Lipinski definition) is 5. The molecule has 0 bridgehead atoms. The molecule has 19 heavy (non-hydrogen) atoms. The largest absolute Gasteiger partial charge is 0.496 e. The lowest BCUT2D eigenvalue weighted by Crippen LogP contribution is -2.37. The van der Waals surface area contributed by atoms with E-state index in [1.54, 1.807) is 12.1 Å². The Bertz CT molecular complexity index is 523. The Kier molecular flexibility index (Phi) is 3.57. The zero-order valence-corrected chi connectivity index (χ0v) is 11.2. The molecular formula is C14H16O5. The van der Waals surface area contributed by atoms with E-state index in [2.05, 4.69) is 0 Å². The van der Waals surface area contributed by atoms with E-state index in [1.807, 2.05) is 13.0 Å². The quantitative estimate of drug-likeness (QED) is 0.771. The van der Waals surface area contributed by atoms with Crippen molar-refractivity contribution < 1.29 is 23.8 Å². The second-order valence-corrected chi connectivity index (χ2v) is 4.53. The molecule has 1 fully saturated rings. The highest BCUT2D eigenvalue weighted by Gasteiger charge is 2.50. The van der Waals surface area contributed by atoms with Crippen molar-refractivity contribution in [1.29, 1.82) is 0 Å². The number of carbonyl (C=O) groups excluding carboxylic acids is 2. The van der Waals surface area contributed by atoms with Crippen molar-refractivity contribution in [2.45, 2.75) is 18.9 Å². The zero-order chi connectivity index (χ0) is 14.0. The summed E-state index contributed by atoms with van der Waals surface area (Å²) in [6.07, 6.45) is -0.0283. The fourth-order valence-corrected chi connectivity index (χ4v) is 2.30. The normalized spacial score (nSPS) is 22.4. The van der Waals surface area contributed by atoms with Crippen LogP contribution in [-0.4, -0.2) is 32.6 Å². The van der Waals surface area contributed by atoms with Crippen LogP contribution >= 0.6 is 0 Å². The Morgan fingerprint density at radius 2 is 2.11 bits per heavy atom. The molecule has 0 amide bonds. The Morgan fingerprint density at radius 1 is 1.37 bits per heavy atom. The van der Waals surface area contributed by atoms with E-state index in [1.165, 1.54) is 14.2 Å². The lowest BCUT2D eigenvalue weighted by Gasteiger charge is -2.26. The van der Waals surface area contributed by atoms with Crippen molar-refractivity contribution in [3.05, 3.63) is 29.3 Å². The average molecular weight is 264 g/mol.